The SMILES string of the molecule is Cl.O=C(NCC1CCCN(CC2CCSC2)C1)C1CCCN1. The fraction of sp³-hybridized carbons (Fsp3) is 0.938. The van der Waals surface area contributed by atoms with Crippen LogP contribution in [0, 0.1) is 11.8 Å². The summed E-state index contributed by atoms with van der Waals surface area (Å²) in [7, 11) is 0. The molecule has 0 aromatic heterocycles. The fourth-order valence-electron chi connectivity index (χ4n) is 3.85. The van der Waals surface area contributed by atoms with Crippen molar-refractivity contribution in [1.29, 1.82) is 0 Å². The normalized spacial score (nSPS) is 32.6. The van der Waals surface area contributed by atoms with Crippen LogP contribution in [-0.4, -0.2) is 61.1 Å². The van der Waals surface area contributed by atoms with Crippen LogP contribution in [0.4, 0.5) is 0 Å². The van der Waals surface area contributed by atoms with E-state index in [0.29, 0.717) is 5.92 Å². The first-order chi connectivity index (χ1) is 10.3. The van der Waals surface area contributed by atoms with Gasteiger partial charge in [0.05, 0.1) is 6.04 Å². The van der Waals surface area contributed by atoms with Crippen LogP contribution >= 0.6 is 24.2 Å². The summed E-state index contributed by atoms with van der Waals surface area (Å²) in [6, 6.07) is 0.0696. The number of nitrogens with zero attached hydrogens (tertiary/aromatic N) is 1. The van der Waals surface area contributed by atoms with Gasteiger partial charge in [-0.15, -0.1) is 12.4 Å². The van der Waals surface area contributed by atoms with Crippen LogP contribution in [-0.2, 0) is 4.79 Å². The lowest BCUT2D eigenvalue weighted by Crippen LogP contribution is -2.46. The molecular formula is C16H30ClN3OS. The molecular weight excluding hydrogens is 318 g/mol. The topological polar surface area (TPSA) is 44.4 Å². The summed E-state index contributed by atoms with van der Waals surface area (Å²) in [6.45, 7) is 5.58. The Morgan fingerprint density at radius 2 is 2.14 bits per heavy atom. The maximum absolute atomic E-state index is 12.1. The molecule has 3 saturated heterocycles. The number of piperidine rings is 1. The van der Waals surface area contributed by atoms with E-state index in [2.05, 4.69) is 27.3 Å². The number of likely N-dealkylation sites (tertiary alicyclic amines) is 1. The first kappa shape index (κ1) is 18.4. The minimum atomic E-state index is 0. The highest BCUT2D eigenvalue weighted by Crippen LogP contribution is 2.26. The number of carbonyl (C=O) groups is 1. The molecule has 3 heterocycles. The van der Waals surface area contributed by atoms with Crippen LogP contribution in [0.1, 0.15) is 32.1 Å². The van der Waals surface area contributed by atoms with Gasteiger partial charge in [0.25, 0.3) is 0 Å². The van der Waals surface area contributed by atoms with Gasteiger partial charge >= 0.3 is 0 Å². The molecule has 3 rings (SSSR count). The maximum Gasteiger partial charge on any atom is 0.237 e. The third-order valence-electron chi connectivity index (χ3n) is 5.09. The standard InChI is InChI=1S/C16H29N3OS.ClH/c20-16(15-4-1-6-17-15)18-9-13-3-2-7-19(10-13)11-14-5-8-21-12-14;/h13-15,17H,1-12H2,(H,18,20);1H. The average Bonchev–Trinajstić information content (AvgIpc) is 3.18. The van der Waals surface area contributed by atoms with Gasteiger partial charge < -0.3 is 15.5 Å². The molecule has 0 radical (unpaired) electrons. The highest BCUT2D eigenvalue weighted by Gasteiger charge is 2.26. The van der Waals surface area contributed by atoms with Crippen molar-refractivity contribution in [2.75, 3.05) is 44.2 Å². The van der Waals surface area contributed by atoms with Gasteiger partial charge in [0.1, 0.15) is 0 Å². The number of nitrogens with one attached hydrogen (secondary N) is 2. The number of amides is 1. The van der Waals surface area contributed by atoms with E-state index >= 15 is 0 Å². The first-order valence-electron chi connectivity index (χ1n) is 8.62. The van der Waals surface area contributed by atoms with Gasteiger partial charge in [0, 0.05) is 19.6 Å². The quantitative estimate of drug-likeness (QED) is 0.795. The number of carbonyl (C=O) groups excluding carboxylic acids is 1. The molecule has 3 aliphatic heterocycles. The molecule has 3 atom stereocenters. The zero-order valence-corrected chi connectivity index (χ0v) is 15.0. The lowest BCUT2D eigenvalue weighted by molar-refractivity contribution is -0.123. The zero-order valence-electron chi connectivity index (χ0n) is 13.4. The van der Waals surface area contributed by atoms with Crippen LogP contribution in [0.25, 0.3) is 0 Å². The summed E-state index contributed by atoms with van der Waals surface area (Å²) >= 11 is 2.11. The van der Waals surface area contributed by atoms with Crippen LogP contribution in [0.2, 0.25) is 0 Å². The molecule has 1 amide bonds. The Morgan fingerprint density at radius 1 is 1.23 bits per heavy atom. The Balaban J connectivity index is 0.00000176. The molecule has 0 spiro atoms. The second-order valence-electron chi connectivity index (χ2n) is 6.89. The summed E-state index contributed by atoms with van der Waals surface area (Å²) in [5.41, 5.74) is 0. The van der Waals surface area contributed by atoms with E-state index < -0.39 is 0 Å². The molecule has 22 heavy (non-hydrogen) atoms. The van der Waals surface area contributed by atoms with E-state index in [0.717, 1.165) is 31.8 Å². The summed E-state index contributed by atoms with van der Waals surface area (Å²) < 4.78 is 0. The summed E-state index contributed by atoms with van der Waals surface area (Å²) in [5.74, 6) is 4.48. The Bertz CT molecular complexity index is 346. The van der Waals surface area contributed by atoms with Crippen molar-refractivity contribution in [3.63, 3.8) is 0 Å². The fourth-order valence-corrected chi connectivity index (χ4v) is 5.12. The number of hydrogen-bond donors (Lipinski definition) is 2. The smallest absolute Gasteiger partial charge is 0.237 e. The molecule has 0 bridgehead atoms. The van der Waals surface area contributed by atoms with Gasteiger partial charge in [-0.05, 0) is 68.5 Å². The number of rotatable bonds is 5. The second kappa shape index (κ2) is 9.36. The highest BCUT2D eigenvalue weighted by atomic mass is 35.5. The molecule has 6 heteroatoms. The molecule has 128 valence electrons. The monoisotopic (exact) mass is 347 g/mol. The minimum absolute atomic E-state index is 0. The van der Waals surface area contributed by atoms with Crippen LogP contribution in [0.3, 0.4) is 0 Å². The van der Waals surface area contributed by atoms with Crippen molar-refractivity contribution in [2.45, 2.75) is 38.1 Å². The third-order valence-corrected chi connectivity index (χ3v) is 6.32. The van der Waals surface area contributed by atoms with Crippen LogP contribution in [0.5, 0.6) is 0 Å². The average molecular weight is 348 g/mol. The predicted octanol–water partition coefficient (Wildman–Crippen LogP) is 1.74. The highest BCUT2D eigenvalue weighted by molar-refractivity contribution is 7.99. The predicted molar refractivity (Wildman–Crippen MR) is 95.9 cm³/mol. The second-order valence-corrected chi connectivity index (χ2v) is 8.04. The number of halogens is 1. The van der Waals surface area contributed by atoms with Gasteiger partial charge in [-0.2, -0.15) is 11.8 Å². The van der Waals surface area contributed by atoms with Crippen molar-refractivity contribution >= 4 is 30.1 Å². The Hall–Kier alpha value is 0.0300. The Kier molecular flexibility index (Phi) is 7.81. The zero-order chi connectivity index (χ0) is 14.5. The van der Waals surface area contributed by atoms with Crippen molar-refractivity contribution in [2.24, 2.45) is 11.8 Å². The van der Waals surface area contributed by atoms with E-state index in [9.17, 15) is 4.79 Å². The number of thioether (sulfide) groups is 1. The molecule has 0 aromatic rings. The van der Waals surface area contributed by atoms with E-state index in [1.54, 1.807) is 0 Å². The van der Waals surface area contributed by atoms with Crippen LogP contribution < -0.4 is 10.6 Å². The molecule has 4 nitrogen and oxygen atoms in total. The summed E-state index contributed by atoms with van der Waals surface area (Å²) in [6.07, 6.45) is 6.10. The first-order valence-corrected chi connectivity index (χ1v) is 9.78. The minimum Gasteiger partial charge on any atom is -0.354 e. The summed E-state index contributed by atoms with van der Waals surface area (Å²) in [5, 5.41) is 6.45. The lowest BCUT2D eigenvalue weighted by Gasteiger charge is -2.34. The Morgan fingerprint density at radius 3 is 2.86 bits per heavy atom. The van der Waals surface area contributed by atoms with Crippen LogP contribution in [0.15, 0.2) is 0 Å². The van der Waals surface area contributed by atoms with E-state index in [4.69, 9.17) is 0 Å². The van der Waals surface area contributed by atoms with Crippen molar-refractivity contribution in [1.82, 2.24) is 15.5 Å². The van der Waals surface area contributed by atoms with Crippen molar-refractivity contribution in [3.8, 4) is 0 Å². The van der Waals surface area contributed by atoms with Gasteiger partial charge in [0.15, 0.2) is 0 Å². The molecule has 3 fully saturated rings. The molecule has 3 aliphatic rings. The Labute approximate surface area is 144 Å². The molecule has 0 aliphatic carbocycles. The largest absolute Gasteiger partial charge is 0.354 e. The van der Waals surface area contributed by atoms with Crippen molar-refractivity contribution in [3.05, 3.63) is 0 Å². The molecule has 3 unspecified atom stereocenters. The van der Waals surface area contributed by atoms with Gasteiger partial charge in [-0.3, -0.25) is 4.79 Å². The molecule has 2 N–H and O–H groups in total. The van der Waals surface area contributed by atoms with Gasteiger partial charge in [0.2, 0.25) is 5.91 Å². The van der Waals surface area contributed by atoms with E-state index in [1.807, 2.05) is 0 Å². The van der Waals surface area contributed by atoms with Crippen molar-refractivity contribution < 1.29 is 4.79 Å². The maximum atomic E-state index is 12.1. The molecule has 0 aromatic carbocycles. The number of hydrogen-bond acceptors (Lipinski definition) is 4. The summed E-state index contributed by atoms with van der Waals surface area (Å²) in [4.78, 5) is 14.7. The lowest BCUT2D eigenvalue weighted by atomic mass is 9.96. The van der Waals surface area contributed by atoms with Gasteiger partial charge in [-0.1, -0.05) is 0 Å². The van der Waals surface area contributed by atoms with E-state index in [1.165, 1.54) is 50.4 Å². The third kappa shape index (κ3) is 5.29. The molecule has 0 saturated carbocycles. The van der Waals surface area contributed by atoms with E-state index in [-0.39, 0.29) is 24.4 Å². The van der Waals surface area contributed by atoms with Gasteiger partial charge in [-0.25, -0.2) is 0 Å².